The van der Waals surface area contributed by atoms with Crippen LogP contribution in [0, 0.1) is 6.92 Å². The van der Waals surface area contributed by atoms with Crippen LogP contribution in [0.15, 0.2) is 48.7 Å². The van der Waals surface area contributed by atoms with E-state index in [1.807, 2.05) is 60.0 Å². The van der Waals surface area contributed by atoms with E-state index in [0.717, 1.165) is 11.3 Å². The number of esters is 1. The summed E-state index contributed by atoms with van der Waals surface area (Å²) in [6.45, 7) is 2.27. The Morgan fingerprint density at radius 2 is 1.95 bits per heavy atom. The normalized spacial score (nSPS) is 10.6. The molecule has 0 atom stereocenters. The van der Waals surface area contributed by atoms with Crippen LogP contribution in [0.5, 0.6) is 5.75 Å². The monoisotopic (exact) mass is 296 g/mol. The lowest BCUT2D eigenvalue weighted by molar-refractivity contribution is 0.0594. The van der Waals surface area contributed by atoms with Crippen LogP contribution in [0.4, 0.5) is 0 Å². The van der Waals surface area contributed by atoms with Gasteiger partial charge in [-0.25, -0.2) is 9.78 Å². The Morgan fingerprint density at radius 1 is 1.18 bits per heavy atom. The van der Waals surface area contributed by atoms with Gasteiger partial charge in [-0.2, -0.15) is 0 Å². The van der Waals surface area contributed by atoms with Crippen molar-refractivity contribution in [3.63, 3.8) is 0 Å². The zero-order valence-electron chi connectivity index (χ0n) is 12.4. The second-order valence-electron chi connectivity index (χ2n) is 4.88. The number of nitrogens with zero attached hydrogens (tertiary/aromatic N) is 2. The largest absolute Gasteiger partial charge is 0.485 e. The Kier molecular flexibility index (Phi) is 3.78. The van der Waals surface area contributed by atoms with Gasteiger partial charge in [0, 0.05) is 6.20 Å². The second kappa shape index (κ2) is 5.89. The number of methoxy groups -OCH3 is 1. The molecular formula is C17H16N2O3. The molecule has 5 nitrogen and oxygen atoms in total. The fraction of sp³-hybridized carbons (Fsp3) is 0.176. The number of fused-ring (bicyclic) bond motifs is 1. The minimum Gasteiger partial charge on any atom is -0.485 e. The molecule has 0 fully saturated rings. The Morgan fingerprint density at radius 3 is 2.68 bits per heavy atom. The Labute approximate surface area is 128 Å². The van der Waals surface area contributed by atoms with Crippen LogP contribution in [0.1, 0.15) is 21.7 Å². The van der Waals surface area contributed by atoms with E-state index in [9.17, 15) is 4.79 Å². The SMILES string of the molecule is COC(=O)c1nc2c(OCc3ccccc3)cccn2c1C. The standard InChI is InChI=1S/C17H16N2O3/c1-12-15(17(20)21-2)18-16-14(9-6-10-19(12)16)22-11-13-7-4-3-5-8-13/h3-10H,11H2,1-2H3. The summed E-state index contributed by atoms with van der Waals surface area (Å²) in [6.07, 6.45) is 1.85. The molecule has 0 unspecified atom stereocenters. The van der Waals surface area contributed by atoms with Gasteiger partial charge in [-0.3, -0.25) is 0 Å². The van der Waals surface area contributed by atoms with Crippen molar-refractivity contribution in [2.75, 3.05) is 7.11 Å². The van der Waals surface area contributed by atoms with Crippen LogP contribution >= 0.6 is 0 Å². The number of carbonyl (C=O) groups is 1. The van der Waals surface area contributed by atoms with Crippen LogP contribution in [-0.2, 0) is 11.3 Å². The van der Waals surface area contributed by atoms with Gasteiger partial charge in [0.05, 0.1) is 12.8 Å². The maximum Gasteiger partial charge on any atom is 0.358 e. The highest BCUT2D eigenvalue weighted by molar-refractivity contribution is 5.89. The molecule has 1 aromatic carbocycles. The Bertz CT molecular complexity index is 809. The maximum absolute atomic E-state index is 11.8. The molecule has 0 N–H and O–H groups in total. The summed E-state index contributed by atoms with van der Waals surface area (Å²) in [5.74, 6) is 0.180. The van der Waals surface area contributed by atoms with Gasteiger partial charge < -0.3 is 13.9 Å². The van der Waals surface area contributed by atoms with Crippen molar-refractivity contribution < 1.29 is 14.3 Å². The molecule has 0 bridgehead atoms. The number of rotatable bonds is 4. The zero-order valence-corrected chi connectivity index (χ0v) is 12.4. The number of aryl methyl sites for hydroxylation is 1. The average molecular weight is 296 g/mol. The average Bonchev–Trinajstić information content (AvgIpc) is 2.91. The summed E-state index contributed by atoms with van der Waals surface area (Å²) in [6, 6.07) is 13.6. The minimum atomic E-state index is -0.449. The molecule has 22 heavy (non-hydrogen) atoms. The van der Waals surface area contributed by atoms with E-state index in [0.29, 0.717) is 23.7 Å². The zero-order chi connectivity index (χ0) is 15.5. The first-order chi connectivity index (χ1) is 10.7. The van der Waals surface area contributed by atoms with E-state index in [2.05, 4.69) is 4.98 Å². The van der Waals surface area contributed by atoms with Crippen molar-refractivity contribution in [3.05, 3.63) is 65.6 Å². The van der Waals surface area contributed by atoms with Crippen molar-refractivity contribution in [2.24, 2.45) is 0 Å². The molecule has 2 aromatic heterocycles. The highest BCUT2D eigenvalue weighted by Crippen LogP contribution is 2.23. The molecule has 0 saturated carbocycles. The van der Waals surface area contributed by atoms with Crippen LogP contribution < -0.4 is 4.74 Å². The predicted octanol–water partition coefficient (Wildman–Crippen LogP) is 3.01. The fourth-order valence-electron chi connectivity index (χ4n) is 2.30. The van der Waals surface area contributed by atoms with E-state index < -0.39 is 5.97 Å². The van der Waals surface area contributed by atoms with Gasteiger partial charge in [0.25, 0.3) is 0 Å². The second-order valence-corrected chi connectivity index (χ2v) is 4.88. The number of imidazole rings is 1. The van der Waals surface area contributed by atoms with Gasteiger partial charge in [-0.1, -0.05) is 30.3 Å². The van der Waals surface area contributed by atoms with Crippen molar-refractivity contribution >= 4 is 11.6 Å². The molecule has 3 aromatic rings. The van der Waals surface area contributed by atoms with Gasteiger partial charge in [0.15, 0.2) is 17.1 Å². The van der Waals surface area contributed by atoms with E-state index >= 15 is 0 Å². The highest BCUT2D eigenvalue weighted by atomic mass is 16.5. The van der Waals surface area contributed by atoms with Gasteiger partial charge >= 0.3 is 5.97 Å². The molecule has 5 heteroatoms. The first kappa shape index (κ1) is 14.1. The Hall–Kier alpha value is -2.82. The molecule has 0 aliphatic rings. The predicted molar refractivity (Wildman–Crippen MR) is 82.0 cm³/mol. The summed E-state index contributed by atoms with van der Waals surface area (Å²) < 4.78 is 12.4. The summed E-state index contributed by atoms with van der Waals surface area (Å²) in [5, 5.41) is 0. The molecule has 0 radical (unpaired) electrons. The minimum absolute atomic E-state index is 0.304. The first-order valence-electron chi connectivity index (χ1n) is 6.93. The van der Waals surface area contributed by atoms with Crippen molar-refractivity contribution in [1.29, 1.82) is 0 Å². The number of ether oxygens (including phenoxy) is 2. The van der Waals surface area contributed by atoms with Gasteiger partial charge in [0.1, 0.15) is 6.61 Å². The molecule has 0 aliphatic heterocycles. The van der Waals surface area contributed by atoms with E-state index in [1.54, 1.807) is 0 Å². The number of pyridine rings is 1. The lowest BCUT2D eigenvalue weighted by Crippen LogP contribution is -2.03. The lowest BCUT2D eigenvalue weighted by Gasteiger charge is -2.07. The highest BCUT2D eigenvalue weighted by Gasteiger charge is 2.18. The molecule has 0 aliphatic carbocycles. The topological polar surface area (TPSA) is 52.8 Å². The van der Waals surface area contributed by atoms with Crippen LogP contribution in [0.3, 0.4) is 0 Å². The number of carbonyl (C=O) groups excluding carboxylic acids is 1. The summed E-state index contributed by atoms with van der Waals surface area (Å²) in [5.41, 5.74) is 2.71. The molecule has 0 spiro atoms. The maximum atomic E-state index is 11.8. The van der Waals surface area contributed by atoms with Gasteiger partial charge in [-0.15, -0.1) is 0 Å². The first-order valence-corrected chi connectivity index (χ1v) is 6.93. The molecule has 0 saturated heterocycles. The number of hydrogen-bond acceptors (Lipinski definition) is 4. The van der Waals surface area contributed by atoms with Gasteiger partial charge in [-0.05, 0) is 24.6 Å². The summed E-state index contributed by atoms with van der Waals surface area (Å²) in [4.78, 5) is 16.1. The molecule has 3 rings (SSSR count). The molecule has 0 amide bonds. The van der Waals surface area contributed by atoms with Crippen LogP contribution in [0.25, 0.3) is 5.65 Å². The summed E-state index contributed by atoms with van der Waals surface area (Å²) >= 11 is 0. The van der Waals surface area contributed by atoms with Crippen molar-refractivity contribution in [3.8, 4) is 5.75 Å². The number of hydrogen-bond donors (Lipinski definition) is 0. The number of aromatic nitrogens is 2. The third kappa shape index (κ3) is 2.53. The molecule has 2 heterocycles. The van der Waals surface area contributed by atoms with E-state index in [4.69, 9.17) is 9.47 Å². The number of benzene rings is 1. The third-order valence-electron chi connectivity index (χ3n) is 3.47. The molecular weight excluding hydrogens is 280 g/mol. The lowest BCUT2D eigenvalue weighted by atomic mass is 10.2. The Balaban J connectivity index is 1.95. The van der Waals surface area contributed by atoms with E-state index in [-0.39, 0.29) is 0 Å². The van der Waals surface area contributed by atoms with E-state index in [1.165, 1.54) is 7.11 Å². The fourth-order valence-corrected chi connectivity index (χ4v) is 2.30. The summed E-state index contributed by atoms with van der Waals surface area (Å²) in [7, 11) is 1.35. The van der Waals surface area contributed by atoms with Crippen molar-refractivity contribution in [1.82, 2.24) is 9.38 Å². The smallest absolute Gasteiger partial charge is 0.358 e. The quantitative estimate of drug-likeness (QED) is 0.694. The van der Waals surface area contributed by atoms with Gasteiger partial charge in [0.2, 0.25) is 0 Å². The van der Waals surface area contributed by atoms with Crippen LogP contribution in [-0.4, -0.2) is 22.5 Å². The third-order valence-corrected chi connectivity index (χ3v) is 3.47. The van der Waals surface area contributed by atoms with Crippen molar-refractivity contribution in [2.45, 2.75) is 13.5 Å². The molecule has 112 valence electrons. The van der Waals surface area contributed by atoms with Crippen LogP contribution in [0.2, 0.25) is 0 Å².